The van der Waals surface area contributed by atoms with Crippen LogP contribution in [0.5, 0.6) is 11.6 Å². The monoisotopic (exact) mass is 236 g/mol. The van der Waals surface area contributed by atoms with Gasteiger partial charge in [0.2, 0.25) is 0 Å². The summed E-state index contributed by atoms with van der Waals surface area (Å²) in [5, 5.41) is 0. The fourth-order valence-electron chi connectivity index (χ4n) is 2.03. The van der Waals surface area contributed by atoms with Gasteiger partial charge in [0.15, 0.2) is 5.75 Å². The van der Waals surface area contributed by atoms with Crippen LogP contribution in [0.25, 0.3) is 0 Å². The molecule has 2 atom stereocenters. The highest BCUT2D eigenvalue weighted by Gasteiger charge is 2.26. The summed E-state index contributed by atoms with van der Waals surface area (Å²) < 4.78 is 11.5. The Morgan fingerprint density at radius 1 is 1.47 bits per heavy atom. The number of nitrogens with two attached hydrogens (primary N) is 1. The Bertz CT molecular complexity index is 357. The molecule has 1 aromatic rings. The summed E-state index contributed by atoms with van der Waals surface area (Å²) in [5.41, 5.74) is 5.98. The molecule has 0 amide bonds. The molecule has 1 aliphatic rings. The summed E-state index contributed by atoms with van der Waals surface area (Å²) in [7, 11) is 0. The Labute approximate surface area is 102 Å². The molecule has 0 bridgehead atoms. The van der Waals surface area contributed by atoms with Gasteiger partial charge in [-0.1, -0.05) is 6.92 Å². The fraction of sp³-hybridized carbons (Fsp3) is 0.615. The number of ether oxygens (including phenoxy) is 2. The minimum Gasteiger partial charge on any atom is -0.488 e. The van der Waals surface area contributed by atoms with E-state index in [1.807, 2.05) is 12.1 Å². The molecule has 2 unspecified atom stereocenters. The lowest BCUT2D eigenvalue weighted by atomic mass is 10.2. The number of pyridine rings is 1. The highest BCUT2D eigenvalue weighted by molar-refractivity contribution is 5.32. The molecule has 0 aliphatic heterocycles. The van der Waals surface area contributed by atoms with E-state index in [9.17, 15) is 0 Å². The molecule has 0 aromatic carbocycles. The number of hydrogen-bond acceptors (Lipinski definition) is 4. The molecule has 1 heterocycles. The molecule has 17 heavy (non-hydrogen) atoms. The zero-order valence-corrected chi connectivity index (χ0v) is 10.3. The van der Waals surface area contributed by atoms with Crippen molar-refractivity contribution in [1.29, 1.82) is 0 Å². The largest absolute Gasteiger partial charge is 0.488 e. The Morgan fingerprint density at radius 3 is 3.06 bits per heavy atom. The third kappa shape index (κ3) is 3.09. The third-order valence-corrected chi connectivity index (χ3v) is 2.96. The van der Waals surface area contributed by atoms with Gasteiger partial charge in [-0.2, -0.15) is 0 Å². The van der Waals surface area contributed by atoms with Crippen molar-refractivity contribution >= 4 is 0 Å². The van der Waals surface area contributed by atoms with Gasteiger partial charge in [-0.25, -0.2) is 4.98 Å². The van der Waals surface area contributed by atoms with Crippen LogP contribution in [0.1, 0.15) is 32.6 Å². The van der Waals surface area contributed by atoms with Crippen molar-refractivity contribution in [3.8, 4) is 11.6 Å². The molecule has 1 saturated carbocycles. The van der Waals surface area contributed by atoms with Crippen LogP contribution in [0.4, 0.5) is 0 Å². The second-order valence-corrected chi connectivity index (χ2v) is 4.41. The SMILES string of the molecule is CCCOc1cccnc1OC1CCCC1N. The van der Waals surface area contributed by atoms with E-state index in [-0.39, 0.29) is 12.1 Å². The lowest BCUT2D eigenvalue weighted by Gasteiger charge is -2.18. The molecule has 4 nitrogen and oxygen atoms in total. The number of aromatic nitrogens is 1. The maximum Gasteiger partial charge on any atom is 0.257 e. The predicted molar refractivity (Wildman–Crippen MR) is 66.3 cm³/mol. The summed E-state index contributed by atoms with van der Waals surface area (Å²) in [6.07, 6.45) is 5.93. The second kappa shape index (κ2) is 5.87. The van der Waals surface area contributed by atoms with E-state index >= 15 is 0 Å². The van der Waals surface area contributed by atoms with Crippen LogP contribution in [0.3, 0.4) is 0 Å². The first kappa shape index (κ1) is 12.2. The number of rotatable bonds is 5. The van der Waals surface area contributed by atoms with Crippen molar-refractivity contribution in [1.82, 2.24) is 4.98 Å². The molecule has 94 valence electrons. The van der Waals surface area contributed by atoms with E-state index in [1.165, 1.54) is 0 Å². The van der Waals surface area contributed by atoms with E-state index in [0.29, 0.717) is 18.2 Å². The van der Waals surface area contributed by atoms with Crippen LogP contribution in [-0.2, 0) is 0 Å². The van der Waals surface area contributed by atoms with E-state index in [0.717, 1.165) is 25.7 Å². The van der Waals surface area contributed by atoms with Crippen LogP contribution in [-0.4, -0.2) is 23.7 Å². The molecule has 4 heteroatoms. The van der Waals surface area contributed by atoms with E-state index in [2.05, 4.69) is 11.9 Å². The zero-order chi connectivity index (χ0) is 12.1. The van der Waals surface area contributed by atoms with Crippen molar-refractivity contribution in [2.75, 3.05) is 6.61 Å². The van der Waals surface area contributed by atoms with Crippen LogP contribution >= 0.6 is 0 Å². The van der Waals surface area contributed by atoms with Crippen molar-refractivity contribution in [3.05, 3.63) is 18.3 Å². The highest BCUT2D eigenvalue weighted by Crippen LogP contribution is 2.28. The molecular weight excluding hydrogens is 216 g/mol. The molecule has 1 aliphatic carbocycles. The third-order valence-electron chi connectivity index (χ3n) is 2.96. The van der Waals surface area contributed by atoms with Crippen LogP contribution < -0.4 is 15.2 Å². The second-order valence-electron chi connectivity index (χ2n) is 4.41. The Hall–Kier alpha value is -1.29. The van der Waals surface area contributed by atoms with Crippen LogP contribution in [0.2, 0.25) is 0 Å². The smallest absolute Gasteiger partial charge is 0.257 e. The molecule has 1 aromatic heterocycles. The topological polar surface area (TPSA) is 57.4 Å². The van der Waals surface area contributed by atoms with E-state index in [4.69, 9.17) is 15.2 Å². The Balaban J connectivity index is 2.03. The highest BCUT2D eigenvalue weighted by atomic mass is 16.5. The van der Waals surface area contributed by atoms with Gasteiger partial charge in [-0.15, -0.1) is 0 Å². The Kier molecular flexibility index (Phi) is 4.20. The average Bonchev–Trinajstić information content (AvgIpc) is 2.74. The minimum absolute atomic E-state index is 0.0777. The van der Waals surface area contributed by atoms with Gasteiger partial charge in [0.05, 0.1) is 6.61 Å². The molecule has 1 fully saturated rings. The summed E-state index contributed by atoms with van der Waals surface area (Å²) >= 11 is 0. The molecule has 0 saturated heterocycles. The van der Waals surface area contributed by atoms with Gasteiger partial charge in [-0.3, -0.25) is 0 Å². The summed E-state index contributed by atoms with van der Waals surface area (Å²) in [6.45, 7) is 2.75. The predicted octanol–water partition coefficient (Wildman–Crippen LogP) is 2.13. The molecule has 2 N–H and O–H groups in total. The normalized spacial score (nSPS) is 23.6. The molecule has 0 spiro atoms. The van der Waals surface area contributed by atoms with Crippen molar-refractivity contribution in [2.45, 2.75) is 44.8 Å². The maximum atomic E-state index is 5.98. The number of nitrogens with zero attached hydrogens (tertiary/aromatic N) is 1. The number of hydrogen-bond donors (Lipinski definition) is 1. The summed E-state index contributed by atoms with van der Waals surface area (Å²) in [6, 6.07) is 3.86. The van der Waals surface area contributed by atoms with Gasteiger partial charge >= 0.3 is 0 Å². The van der Waals surface area contributed by atoms with Gasteiger partial charge in [-0.05, 0) is 37.8 Å². The summed E-state index contributed by atoms with van der Waals surface area (Å²) in [5.74, 6) is 1.29. The fourth-order valence-corrected chi connectivity index (χ4v) is 2.03. The van der Waals surface area contributed by atoms with Gasteiger partial charge in [0.1, 0.15) is 6.10 Å². The minimum atomic E-state index is 0.0777. The van der Waals surface area contributed by atoms with E-state index in [1.54, 1.807) is 6.20 Å². The van der Waals surface area contributed by atoms with Crippen molar-refractivity contribution in [2.24, 2.45) is 5.73 Å². The lowest BCUT2D eigenvalue weighted by molar-refractivity contribution is 0.171. The van der Waals surface area contributed by atoms with Gasteiger partial charge < -0.3 is 15.2 Å². The maximum absolute atomic E-state index is 5.98. The Morgan fingerprint density at radius 2 is 2.35 bits per heavy atom. The van der Waals surface area contributed by atoms with Crippen LogP contribution in [0, 0.1) is 0 Å². The average molecular weight is 236 g/mol. The first-order chi connectivity index (χ1) is 8.31. The quantitative estimate of drug-likeness (QED) is 0.850. The lowest BCUT2D eigenvalue weighted by Crippen LogP contribution is -2.33. The molecule has 0 radical (unpaired) electrons. The van der Waals surface area contributed by atoms with E-state index < -0.39 is 0 Å². The van der Waals surface area contributed by atoms with Crippen molar-refractivity contribution in [3.63, 3.8) is 0 Å². The van der Waals surface area contributed by atoms with Crippen molar-refractivity contribution < 1.29 is 9.47 Å². The molecular formula is C13H20N2O2. The zero-order valence-electron chi connectivity index (χ0n) is 10.3. The first-order valence-corrected chi connectivity index (χ1v) is 6.31. The van der Waals surface area contributed by atoms with Gasteiger partial charge in [0, 0.05) is 12.2 Å². The summed E-state index contributed by atoms with van der Waals surface area (Å²) in [4.78, 5) is 4.23. The standard InChI is InChI=1S/C13H20N2O2/c1-2-9-16-12-7-4-8-15-13(12)17-11-6-3-5-10(11)14/h4,7-8,10-11H,2-3,5-6,9,14H2,1H3. The first-order valence-electron chi connectivity index (χ1n) is 6.31. The molecule has 2 rings (SSSR count). The van der Waals surface area contributed by atoms with Gasteiger partial charge in [0.25, 0.3) is 5.88 Å². The van der Waals surface area contributed by atoms with Crippen LogP contribution in [0.15, 0.2) is 18.3 Å².